The third-order valence-corrected chi connectivity index (χ3v) is 2.96. The van der Waals surface area contributed by atoms with E-state index in [0.29, 0.717) is 5.92 Å². The van der Waals surface area contributed by atoms with Crippen molar-refractivity contribution in [3.05, 3.63) is 29.1 Å². The normalized spacial score (nSPS) is 23.0. The van der Waals surface area contributed by atoms with E-state index in [4.69, 9.17) is 10.5 Å². The van der Waals surface area contributed by atoms with Gasteiger partial charge in [-0.1, -0.05) is 0 Å². The number of hydrogen-bond acceptors (Lipinski definition) is 3. The molecule has 0 aliphatic carbocycles. The Morgan fingerprint density at radius 1 is 1.40 bits per heavy atom. The standard InChI is InChI=1S/C12H18N2O/c1-8-5-11(6-9(2)14-8)12(13)10-3-4-15-7-10/h5-6,10,12H,3-4,7,13H2,1-2H3. The van der Waals surface area contributed by atoms with Crippen LogP contribution in [0.25, 0.3) is 0 Å². The predicted molar refractivity (Wildman–Crippen MR) is 59.6 cm³/mol. The molecule has 2 N–H and O–H groups in total. The summed E-state index contributed by atoms with van der Waals surface area (Å²) >= 11 is 0. The third-order valence-electron chi connectivity index (χ3n) is 2.96. The first-order chi connectivity index (χ1) is 7.16. The molecule has 1 aromatic rings. The Bertz CT molecular complexity index is 325. The second kappa shape index (κ2) is 4.29. The minimum absolute atomic E-state index is 0.0906. The molecule has 2 atom stereocenters. The number of aryl methyl sites for hydroxylation is 2. The molecular formula is C12H18N2O. The fourth-order valence-corrected chi connectivity index (χ4v) is 2.17. The first-order valence-corrected chi connectivity index (χ1v) is 5.45. The summed E-state index contributed by atoms with van der Waals surface area (Å²) in [6.45, 7) is 5.66. The van der Waals surface area contributed by atoms with Crippen LogP contribution in [0.5, 0.6) is 0 Å². The average molecular weight is 206 g/mol. The summed E-state index contributed by atoms with van der Waals surface area (Å²) in [5, 5.41) is 0. The zero-order chi connectivity index (χ0) is 10.8. The summed E-state index contributed by atoms with van der Waals surface area (Å²) in [7, 11) is 0. The maximum absolute atomic E-state index is 6.23. The molecule has 2 heterocycles. The first-order valence-electron chi connectivity index (χ1n) is 5.45. The second-order valence-electron chi connectivity index (χ2n) is 4.33. The zero-order valence-corrected chi connectivity index (χ0v) is 9.36. The number of ether oxygens (including phenoxy) is 1. The van der Waals surface area contributed by atoms with E-state index < -0.39 is 0 Å². The van der Waals surface area contributed by atoms with E-state index in [0.717, 1.165) is 31.0 Å². The minimum Gasteiger partial charge on any atom is -0.381 e. The Morgan fingerprint density at radius 3 is 2.60 bits per heavy atom. The van der Waals surface area contributed by atoms with Crippen molar-refractivity contribution < 1.29 is 4.74 Å². The molecule has 0 radical (unpaired) electrons. The van der Waals surface area contributed by atoms with Crippen LogP contribution in [0, 0.1) is 19.8 Å². The Morgan fingerprint density at radius 2 is 2.07 bits per heavy atom. The first kappa shape index (κ1) is 10.6. The average Bonchev–Trinajstić information content (AvgIpc) is 2.67. The maximum atomic E-state index is 6.23. The number of aromatic nitrogens is 1. The van der Waals surface area contributed by atoms with E-state index in [2.05, 4.69) is 17.1 Å². The molecule has 82 valence electrons. The molecule has 2 unspecified atom stereocenters. The molecule has 0 amide bonds. The van der Waals surface area contributed by atoms with Crippen molar-refractivity contribution in [3.8, 4) is 0 Å². The van der Waals surface area contributed by atoms with Crippen molar-refractivity contribution in [2.24, 2.45) is 11.7 Å². The van der Waals surface area contributed by atoms with Crippen LogP contribution in [0.1, 0.15) is 29.4 Å². The van der Waals surface area contributed by atoms with Gasteiger partial charge >= 0.3 is 0 Å². The summed E-state index contributed by atoms with van der Waals surface area (Å²) in [6, 6.07) is 4.25. The largest absolute Gasteiger partial charge is 0.381 e. The fraction of sp³-hybridized carbons (Fsp3) is 0.583. The van der Waals surface area contributed by atoms with Gasteiger partial charge in [0, 0.05) is 30.0 Å². The Labute approximate surface area is 90.7 Å². The van der Waals surface area contributed by atoms with Gasteiger partial charge < -0.3 is 10.5 Å². The van der Waals surface area contributed by atoms with Crippen LogP contribution in [-0.4, -0.2) is 18.2 Å². The predicted octanol–water partition coefficient (Wildman–Crippen LogP) is 1.73. The third kappa shape index (κ3) is 2.36. The summed E-state index contributed by atoms with van der Waals surface area (Å²) < 4.78 is 5.36. The van der Waals surface area contributed by atoms with Gasteiger partial charge in [0.1, 0.15) is 0 Å². The summed E-state index contributed by atoms with van der Waals surface area (Å²) in [5.74, 6) is 0.464. The highest BCUT2D eigenvalue weighted by molar-refractivity contribution is 5.24. The summed E-state index contributed by atoms with van der Waals surface area (Å²) in [4.78, 5) is 4.36. The molecule has 1 aliphatic rings. The van der Waals surface area contributed by atoms with Crippen LogP contribution in [-0.2, 0) is 4.74 Å². The number of pyridine rings is 1. The van der Waals surface area contributed by atoms with Crippen LogP contribution >= 0.6 is 0 Å². The second-order valence-corrected chi connectivity index (χ2v) is 4.33. The van der Waals surface area contributed by atoms with E-state index in [-0.39, 0.29) is 6.04 Å². The van der Waals surface area contributed by atoms with Crippen molar-refractivity contribution in [1.29, 1.82) is 0 Å². The molecule has 3 nitrogen and oxygen atoms in total. The molecule has 1 aliphatic heterocycles. The number of nitrogens with two attached hydrogens (primary N) is 1. The lowest BCUT2D eigenvalue weighted by molar-refractivity contribution is 0.181. The molecule has 0 bridgehead atoms. The number of hydrogen-bond donors (Lipinski definition) is 1. The summed E-state index contributed by atoms with van der Waals surface area (Å²) in [6.07, 6.45) is 1.07. The van der Waals surface area contributed by atoms with Crippen LogP contribution in [0.15, 0.2) is 12.1 Å². The Balaban J connectivity index is 2.20. The molecule has 0 spiro atoms. The molecule has 0 aromatic carbocycles. The van der Waals surface area contributed by atoms with Crippen molar-refractivity contribution >= 4 is 0 Å². The smallest absolute Gasteiger partial charge is 0.0513 e. The number of nitrogens with zero attached hydrogens (tertiary/aromatic N) is 1. The molecule has 15 heavy (non-hydrogen) atoms. The fourth-order valence-electron chi connectivity index (χ4n) is 2.17. The van der Waals surface area contributed by atoms with Crippen LogP contribution in [0.4, 0.5) is 0 Å². The van der Waals surface area contributed by atoms with E-state index in [9.17, 15) is 0 Å². The molecule has 1 fully saturated rings. The van der Waals surface area contributed by atoms with Gasteiger partial charge in [-0.3, -0.25) is 4.98 Å². The van der Waals surface area contributed by atoms with E-state index in [1.54, 1.807) is 0 Å². The lowest BCUT2D eigenvalue weighted by Gasteiger charge is -2.18. The molecule has 2 rings (SSSR count). The van der Waals surface area contributed by atoms with Crippen molar-refractivity contribution in [3.63, 3.8) is 0 Å². The van der Waals surface area contributed by atoms with Crippen molar-refractivity contribution in [2.75, 3.05) is 13.2 Å². The minimum atomic E-state index is 0.0906. The maximum Gasteiger partial charge on any atom is 0.0513 e. The van der Waals surface area contributed by atoms with Crippen molar-refractivity contribution in [2.45, 2.75) is 26.3 Å². The van der Waals surface area contributed by atoms with Gasteiger partial charge in [-0.2, -0.15) is 0 Å². The van der Waals surface area contributed by atoms with Crippen LogP contribution in [0.3, 0.4) is 0 Å². The van der Waals surface area contributed by atoms with Crippen LogP contribution in [0.2, 0.25) is 0 Å². The highest BCUT2D eigenvalue weighted by atomic mass is 16.5. The van der Waals surface area contributed by atoms with Crippen molar-refractivity contribution in [1.82, 2.24) is 4.98 Å². The summed E-state index contributed by atoms with van der Waals surface area (Å²) in [5.41, 5.74) is 9.50. The lowest BCUT2D eigenvalue weighted by atomic mass is 9.93. The van der Waals surface area contributed by atoms with Gasteiger partial charge in [0.05, 0.1) is 6.61 Å². The molecular weight excluding hydrogens is 188 g/mol. The van der Waals surface area contributed by atoms with Crippen LogP contribution < -0.4 is 5.73 Å². The number of rotatable bonds is 2. The zero-order valence-electron chi connectivity index (χ0n) is 9.36. The van der Waals surface area contributed by atoms with E-state index >= 15 is 0 Å². The van der Waals surface area contributed by atoms with Gasteiger partial charge in [-0.05, 0) is 38.0 Å². The van der Waals surface area contributed by atoms with Gasteiger partial charge in [-0.25, -0.2) is 0 Å². The molecule has 0 saturated carbocycles. The Hall–Kier alpha value is -0.930. The van der Waals surface area contributed by atoms with Gasteiger partial charge in [0.2, 0.25) is 0 Å². The molecule has 1 aromatic heterocycles. The van der Waals surface area contributed by atoms with Gasteiger partial charge in [0.25, 0.3) is 0 Å². The van der Waals surface area contributed by atoms with Gasteiger partial charge in [0.15, 0.2) is 0 Å². The highest BCUT2D eigenvalue weighted by Gasteiger charge is 2.24. The van der Waals surface area contributed by atoms with E-state index in [1.807, 2.05) is 13.8 Å². The Kier molecular flexibility index (Phi) is 3.03. The molecule has 3 heteroatoms. The quantitative estimate of drug-likeness (QED) is 0.801. The monoisotopic (exact) mass is 206 g/mol. The lowest BCUT2D eigenvalue weighted by Crippen LogP contribution is -2.22. The highest BCUT2D eigenvalue weighted by Crippen LogP contribution is 2.27. The van der Waals surface area contributed by atoms with E-state index in [1.165, 1.54) is 5.56 Å². The van der Waals surface area contributed by atoms with Gasteiger partial charge in [-0.15, -0.1) is 0 Å². The topological polar surface area (TPSA) is 48.1 Å². The molecule has 1 saturated heterocycles. The SMILES string of the molecule is Cc1cc(C(N)C2CCOC2)cc(C)n1.